The highest BCUT2D eigenvalue weighted by Crippen LogP contribution is 2.49. The van der Waals surface area contributed by atoms with Crippen molar-refractivity contribution in [3.63, 3.8) is 0 Å². The fourth-order valence-corrected chi connectivity index (χ4v) is 3.87. The SMILES string of the molecule is O=S(=O)(N[C@@]12COC[C@@H]1C2)c1ccc(Cl)c(F)c1. The molecule has 0 amide bonds. The summed E-state index contributed by atoms with van der Waals surface area (Å²) >= 11 is 5.53. The van der Waals surface area contributed by atoms with Crippen LogP contribution < -0.4 is 4.72 Å². The van der Waals surface area contributed by atoms with Crippen LogP contribution in [0.25, 0.3) is 0 Å². The van der Waals surface area contributed by atoms with Gasteiger partial charge >= 0.3 is 0 Å². The molecule has 7 heteroatoms. The van der Waals surface area contributed by atoms with E-state index in [1.807, 2.05) is 0 Å². The summed E-state index contributed by atoms with van der Waals surface area (Å²) in [5.74, 6) is -0.503. The van der Waals surface area contributed by atoms with Crippen LogP contribution in [-0.4, -0.2) is 27.2 Å². The third-order valence-electron chi connectivity index (χ3n) is 3.45. The molecule has 1 aromatic carbocycles. The topological polar surface area (TPSA) is 55.4 Å². The highest BCUT2D eigenvalue weighted by molar-refractivity contribution is 7.89. The summed E-state index contributed by atoms with van der Waals surface area (Å²) in [4.78, 5) is -0.115. The lowest BCUT2D eigenvalue weighted by Gasteiger charge is -2.14. The molecule has 0 radical (unpaired) electrons. The van der Waals surface area contributed by atoms with Gasteiger partial charge in [-0.3, -0.25) is 0 Å². The fourth-order valence-electron chi connectivity index (χ4n) is 2.28. The average molecular weight is 292 g/mol. The molecular formula is C11H11ClFNO3S. The summed E-state index contributed by atoms with van der Waals surface area (Å²) in [6, 6.07) is 3.45. The second kappa shape index (κ2) is 3.90. The van der Waals surface area contributed by atoms with Gasteiger partial charge < -0.3 is 4.74 Å². The van der Waals surface area contributed by atoms with Crippen molar-refractivity contribution in [2.45, 2.75) is 16.9 Å². The Morgan fingerprint density at radius 3 is 2.83 bits per heavy atom. The minimum absolute atomic E-state index is 0.0967. The predicted octanol–water partition coefficient (Wildman–Crippen LogP) is 1.55. The largest absolute Gasteiger partial charge is 0.379 e. The lowest BCUT2D eigenvalue weighted by Crippen LogP contribution is -2.39. The van der Waals surface area contributed by atoms with Crippen LogP contribution in [-0.2, 0) is 14.8 Å². The van der Waals surface area contributed by atoms with E-state index in [1.54, 1.807) is 0 Å². The summed E-state index contributed by atoms with van der Waals surface area (Å²) in [6.07, 6.45) is 0.780. The Bertz CT molecular complexity index is 606. The van der Waals surface area contributed by atoms with Gasteiger partial charge in [-0.25, -0.2) is 17.5 Å². The molecule has 0 spiro atoms. The Balaban J connectivity index is 1.88. The lowest BCUT2D eigenvalue weighted by molar-refractivity contribution is 0.158. The summed E-state index contributed by atoms with van der Waals surface area (Å²) in [5.41, 5.74) is -0.477. The summed E-state index contributed by atoms with van der Waals surface area (Å²) in [7, 11) is -3.73. The molecule has 1 saturated carbocycles. The number of benzene rings is 1. The van der Waals surface area contributed by atoms with E-state index in [1.165, 1.54) is 12.1 Å². The van der Waals surface area contributed by atoms with E-state index in [9.17, 15) is 12.8 Å². The number of ether oxygens (including phenoxy) is 1. The molecule has 1 N–H and O–H groups in total. The van der Waals surface area contributed by atoms with Crippen LogP contribution in [0.15, 0.2) is 23.1 Å². The van der Waals surface area contributed by atoms with Gasteiger partial charge in [0.1, 0.15) is 5.82 Å². The molecule has 4 nitrogen and oxygen atoms in total. The second-order valence-corrected chi connectivity index (χ2v) is 6.84. The van der Waals surface area contributed by atoms with Crippen LogP contribution in [0.2, 0.25) is 5.02 Å². The Morgan fingerprint density at radius 1 is 1.50 bits per heavy atom. The molecule has 0 bridgehead atoms. The van der Waals surface area contributed by atoms with Gasteiger partial charge in [-0.05, 0) is 24.6 Å². The first-order valence-corrected chi connectivity index (χ1v) is 7.36. The first kappa shape index (κ1) is 12.3. The van der Waals surface area contributed by atoms with Crippen molar-refractivity contribution in [2.75, 3.05) is 13.2 Å². The number of halogens is 2. The van der Waals surface area contributed by atoms with Gasteiger partial charge in [-0.1, -0.05) is 11.6 Å². The average Bonchev–Trinajstić information content (AvgIpc) is 2.82. The Morgan fingerprint density at radius 2 is 2.28 bits per heavy atom. The van der Waals surface area contributed by atoms with E-state index in [-0.39, 0.29) is 15.8 Å². The molecule has 1 heterocycles. The zero-order valence-electron chi connectivity index (χ0n) is 9.32. The second-order valence-electron chi connectivity index (χ2n) is 4.75. The van der Waals surface area contributed by atoms with Gasteiger partial charge in [0.25, 0.3) is 0 Å². The molecular weight excluding hydrogens is 281 g/mol. The quantitative estimate of drug-likeness (QED) is 0.919. The summed E-state index contributed by atoms with van der Waals surface area (Å²) in [6.45, 7) is 0.963. The molecule has 2 aliphatic rings. The van der Waals surface area contributed by atoms with Gasteiger partial charge in [0.2, 0.25) is 10.0 Å². The van der Waals surface area contributed by atoms with E-state index in [2.05, 4.69) is 4.72 Å². The third kappa shape index (κ3) is 1.93. The van der Waals surface area contributed by atoms with Crippen LogP contribution in [0, 0.1) is 11.7 Å². The number of rotatable bonds is 3. The highest BCUT2D eigenvalue weighted by atomic mass is 35.5. The standard InChI is InChI=1S/C11H11ClFNO3S/c12-9-2-1-8(3-10(9)13)18(15,16)14-11-4-7(11)5-17-6-11/h1-3,7,14H,4-6H2/t7-,11-/m0/s1. The molecule has 0 unspecified atom stereocenters. The maximum absolute atomic E-state index is 13.3. The van der Waals surface area contributed by atoms with Gasteiger partial charge in [0, 0.05) is 5.92 Å². The molecule has 1 aliphatic heterocycles. The molecule has 2 atom stereocenters. The molecule has 0 aromatic heterocycles. The molecule has 2 fully saturated rings. The number of sulfonamides is 1. The van der Waals surface area contributed by atoms with Crippen LogP contribution in [0.3, 0.4) is 0 Å². The van der Waals surface area contributed by atoms with Crippen LogP contribution in [0.1, 0.15) is 6.42 Å². The Kier molecular flexibility index (Phi) is 2.68. The highest BCUT2D eigenvalue weighted by Gasteiger charge is 2.60. The van der Waals surface area contributed by atoms with E-state index in [4.69, 9.17) is 16.3 Å². The van der Waals surface area contributed by atoms with Gasteiger partial charge in [0.05, 0.1) is 28.7 Å². The summed E-state index contributed by atoms with van der Waals surface area (Å²) < 4.78 is 45.3. The fraction of sp³-hybridized carbons (Fsp3) is 0.455. The summed E-state index contributed by atoms with van der Waals surface area (Å²) in [5, 5.41) is -0.0967. The maximum atomic E-state index is 13.3. The number of nitrogens with one attached hydrogen (secondary N) is 1. The lowest BCUT2D eigenvalue weighted by atomic mass is 10.3. The van der Waals surface area contributed by atoms with Crippen molar-refractivity contribution < 1.29 is 17.5 Å². The molecule has 1 aromatic rings. The Hall–Kier alpha value is -0.690. The smallest absolute Gasteiger partial charge is 0.241 e. The van der Waals surface area contributed by atoms with Crippen molar-refractivity contribution in [3.8, 4) is 0 Å². The molecule has 1 saturated heterocycles. The minimum Gasteiger partial charge on any atom is -0.379 e. The van der Waals surface area contributed by atoms with Crippen LogP contribution >= 0.6 is 11.6 Å². The van der Waals surface area contributed by atoms with Crippen molar-refractivity contribution in [1.82, 2.24) is 4.72 Å². The molecule has 1 aliphatic carbocycles. The monoisotopic (exact) mass is 291 g/mol. The minimum atomic E-state index is -3.73. The first-order chi connectivity index (χ1) is 8.43. The van der Waals surface area contributed by atoms with E-state index < -0.39 is 21.4 Å². The van der Waals surface area contributed by atoms with Crippen LogP contribution in [0.5, 0.6) is 0 Å². The van der Waals surface area contributed by atoms with Crippen molar-refractivity contribution in [1.29, 1.82) is 0 Å². The first-order valence-electron chi connectivity index (χ1n) is 5.50. The normalized spacial score (nSPS) is 30.2. The van der Waals surface area contributed by atoms with Gasteiger partial charge in [-0.2, -0.15) is 0 Å². The zero-order chi connectivity index (χ0) is 13.0. The maximum Gasteiger partial charge on any atom is 0.241 e. The molecule has 98 valence electrons. The third-order valence-corrected chi connectivity index (χ3v) is 5.31. The van der Waals surface area contributed by atoms with Gasteiger partial charge in [-0.15, -0.1) is 0 Å². The Labute approximate surface area is 109 Å². The number of hydrogen-bond acceptors (Lipinski definition) is 3. The van der Waals surface area contributed by atoms with Crippen molar-refractivity contribution in [2.24, 2.45) is 5.92 Å². The number of fused-ring (bicyclic) bond motifs is 1. The molecule has 3 rings (SSSR count). The van der Waals surface area contributed by atoms with E-state index in [0.29, 0.717) is 13.2 Å². The zero-order valence-corrected chi connectivity index (χ0v) is 10.9. The van der Waals surface area contributed by atoms with Crippen molar-refractivity contribution >= 4 is 21.6 Å². The predicted molar refractivity (Wildman–Crippen MR) is 63.4 cm³/mol. The van der Waals surface area contributed by atoms with Crippen molar-refractivity contribution in [3.05, 3.63) is 29.0 Å². The molecule has 18 heavy (non-hydrogen) atoms. The van der Waals surface area contributed by atoms with E-state index in [0.717, 1.165) is 12.5 Å². The van der Waals surface area contributed by atoms with Gasteiger partial charge in [0.15, 0.2) is 0 Å². The van der Waals surface area contributed by atoms with E-state index >= 15 is 0 Å². The van der Waals surface area contributed by atoms with Crippen LogP contribution in [0.4, 0.5) is 4.39 Å². The number of hydrogen-bond donors (Lipinski definition) is 1.